The van der Waals surface area contributed by atoms with Crippen LogP contribution in [0.25, 0.3) is 0 Å². The number of halogens is 1. The van der Waals surface area contributed by atoms with Crippen molar-refractivity contribution in [3.05, 3.63) is 34.3 Å². The highest BCUT2D eigenvalue weighted by Crippen LogP contribution is 2.26. The Bertz CT molecular complexity index is 487. The Labute approximate surface area is 142 Å². The summed E-state index contributed by atoms with van der Waals surface area (Å²) in [4.78, 5) is 14.5. The van der Waals surface area contributed by atoms with Gasteiger partial charge in [0.1, 0.15) is 5.60 Å². The van der Waals surface area contributed by atoms with Gasteiger partial charge < -0.3 is 9.64 Å². The van der Waals surface area contributed by atoms with Crippen LogP contribution in [0.5, 0.6) is 0 Å². The van der Waals surface area contributed by atoms with Crippen molar-refractivity contribution in [1.82, 2.24) is 4.90 Å². The number of carbonyl (C=O) groups excluding carboxylic acids is 1. The number of ether oxygens (including phenoxy) is 1. The second-order valence-electron chi connectivity index (χ2n) is 7.03. The van der Waals surface area contributed by atoms with E-state index in [1.165, 1.54) is 19.3 Å². The van der Waals surface area contributed by atoms with E-state index in [-0.39, 0.29) is 6.09 Å². The van der Waals surface area contributed by atoms with Crippen LogP contribution in [0.4, 0.5) is 4.79 Å². The molecule has 1 aromatic carbocycles. The summed E-state index contributed by atoms with van der Waals surface area (Å²) in [5.74, 6) is 0. The minimum absolute atomic E-state index is 0.192. The van der Waals surface area contributed by atoms with Crippen LogP contribution < -0.4 is 0 Å². The molecule has 22 heavy (non-hydrogen) atoms. The van der Waals surface area contributed by atoms with Gasteiger partial charge in [0, 0.05) is 17.1 Å². The summed E-state index contributed by atoms with van der Waals surface area (Å²) in [7, 11) is 0. The summed E-state index contributed by atoms with van der Waals surface area (Å²) in [5, 5.41) is 0. The molecule has 1 amide bonds. The molecule has 0 N–H and O–H groups in total. The number of hydrogen-bond acceptors (Lipinski definition) is 2. The normalized spacial score (nSPS) is 16.4. The minimum Gasteiger partial charge on any atom is -0.444 e. The van der Waals surface area contributed by atoms with E-state index in [9.17, 15) is 4.79 Å². The maximum atomic E-state index is 12.6. The largest absolute Gasteiger partial charge is 0.444 e. The number of nitrogens with zero attached hydrogens (tertiary/aromatic N) is 1. The maximum Gasteiger partial charge on any atom is 0.410 e. The third-order valence-corrected chi connectivity index (χ3v) is 4.44. The van der Waals surface area contributed by atoms with Crippen molar-refractivity contribution in [2.75, 3.05) is 0 Å². The molecule has 4 heteroatoms. The molecule has 0 atom stereocenters. The second-order valence-corrected chi connectivity index (χ2v) is 7.94. The Morgan fingerprint density at radius 2 is 1.77 bits per heavy atom. The third kappa shape index (κ3) is 5.31. The first-order valence-electron chi connectivity index (χ1n) is 8.09. The van der Waals surface area contributed by atoms with E-state index in [0.717, 1.165) is 22.9 Å². The molecule has 1 aliphatic carbocycles. The third-order valence-electron chi connectivity index (χ3n) is 3.91. The SMILES string of the molecule is CC(C)(C)OC(=O)N(Cc1ccc(Br)cc1)C1CCCCC1. The highest BCUT2D eigenvalue weighted by atomic mass is 79.9. The lowest BCUT2D eigenvalue weighted by Crippen LogP contribution is -2.43. The van der Waals surface area contributed by atoms with Gasteiger partial charge in [0.2, 0.25) is 0 Å². The molecule has 0 aromatic heterocycles. The van der Waals surface area contributed by atoms with Crippen molar-refractivity contribution >= 4 is 22.0 Å². The van der Waals surface area contributed by atoms with E-state index in [2.05, 4.69) is 28.1 Å². The van der Waals surface area contributed by atoms with E-state index in [1.54, 1.807) is 0 Å². The van der Waals surface area contributed by atoms with Gasteiger partial charge in [0.05, 0.1) is 0 Å². The van der Waals surface area contributed by atoms with E-state index >= 15 is 0 Å². The first-order chi connectivity index (χ1) is 10.3. The van der Waals surface area contributed by atoms with Gasteiger partial charge in [-0.25, -0.2) is 4.79 Å². The van der Waals surface area contributed by atoms with Crippen molar-refractivity contribution < 1.29 is 9.53 Å². The van der Waals surface area contributed by atoms with E-state index in [1.807, 2.05) is 37.8 Å². The van der Waals surface area contributed by atoms with E-state index in [4.69, 9.17) is 4.74 Å². The zero-order valence-electron chi connectivity index (χ0n) is 13.8. The monoisotopic (exact) mass is 367 g/mol. The van der Waals surface area contributed by atoms with Crippen LogP contribution in [0.3, 0.4) is 0 Å². The molecule has 1 aliphatic rings. The Morgan fingerprint density at radius 1 is 1.18 bits per heavy atom. The van der Waals surface area contributed by atoms with Gasteiger partial charge in [-0.05, 0) is 51.3 Å². The fourth-order valence-corrected chi connectivity index (χ4v) is 3.11. The summed E-state index contributed by atoms with van der Waals surface area (Å²) in [6, 6.07) is 8.45. The Balaban J connectivity index is 2.13. The molecular weight excluding hydrogens is 342 g/mol. The van der Waals surface area contributed by atoms with Crippen molar-refractivity contribution in [2.45, 2.75) is 71.1 Å². The van der Waals surface area contributed by atoms with Crippen LogP contribution in [0.1, 0.15) is 58.4 Å². The molecule has 0 radical (unpaired) electrons. The lowest BCUT2D eigenvalue weighted by Gasteiger charge is -2.35. The first-order valence-corrected chi connectivity index (χ1v) is 8.88. The Kier molecular flexibility index (Phi) is 5.90. The van der Waals surface area contributed by atoms with Gasteiger partial charge in [-0.3, -0.25) is 0 Å². The van der Waals surface area contributed by atoms with Crippen LogP contribution in [0, 0.1) is 0 Å². The van der Waals surface area contributed by atoms with E-state index < -0.39 is 5.60 Å². The molecule has 0 unspecified atom stereocenters. The van der Waals surface area contributed by atoms with Crippen molar-refractivity contribution in [3.63, 3.8) is 0 Å². The molecule has 1 aromatic rings. The number of amides is 1. The molecule has 122 valence electrons. The van der Waals surface area contributed by atoms with Gasteiger partial charge in [-0.1, -0.05) is 47.3 Å². The fourth-order valence-electron chi connectivity index (χ4n) is 2.84. The molecule has 0 aliphatic heterocycles. The predicted octanol–water partition coefficient (Wildman–Crippen LogP) is 5.52. The van der Waals surface area contributed by atoms with Gasteiger partial charge in [0.15, 0.2) is 0 Å². The quantitative estimate of drug-likeness (QED) is 0.703. The first kappa shape index (κ1) is 17.3. The van der Waals surface area contributed by atoms with Crippen LogP contribution in [-0.4, -0.2) is 22.6 Å². The smallest absolute Gasteiger partial charge is 0.410 e. The maximum absolute atomic E-state index is 12.6. The summed E-state index contributed by atoms with van der Waals surface area (Å²) >= 11 is 3.45. The van der Waals surface area contributed by atoms with Crippen LogP contribution >= 0.6 is 15.9 Å². The number of hydrogen-bond donors (Lipinski definition) is 0. The highest BCUT2D eigenvalue weighted by Gasteiger charge is 2.29. The zero-order chi connectivity index (χ0) is 16.2. The van der Waals surface area contributed by atoms with Crippen molar-refractivity contribution in [1.29, 1.82) is 0 Å². The molecule has 0 spiro atoms. The Hall–Kier alpha value is -1.03. The van der Waals surface area contributed by atoms with Gasteiger partial charge >= 0.3 is 6.09 Å². The summed E-state index contributed by atoms with van der Waals surface area (Å²) in [6.45, 7) is 6.38. The van der Waals surface area contributed by atoms with Crippen LogP contribution in [0.15, 0.2) is 28.7 Å². The highest BCUT2D eigenvalue weighted by molar-refractivity contribution is 9.10. The minimum atomic E-state index is -0.455. The molecular formula is C18H26BrNO2. The topological polar surface area (TPSA) is 29.5 Å². The van der Waals surface area contributed by atoms with Crippen LogP contribution in [-0.2, 0) is 11.3 Å². The molecule has 0 bridgehead atoms. The fraction of sp³-hybridized carbons (Fsp3) is 0.611. The van der Waals surface area contributed by atoms with Crippen LogP contribution in [0.2, 0.25) is 0 Å². The average molecular weight is 368 g/mol. The summed E-state index contributed by atoms with van der Waals surface area (Å²) in [6.07, 6.45) is 5.64. The standard InChI is InChI=1S/C18H26BrNO2/c1-18(2,3)22-17(21)20(16-7-5-4-6-8-16)13-14-9-11-15(19)12-10-14/h9-12,16H,4-8,13H2,1-3H3. The van der Waals surface area contributed by atoms with Crippen molar-refractivity contribution in [2.24, 2.45) is 0 Å². The summed E-state index contributed by atoms with van der Waals surface area (Å²) < 4.78 is 6.68. The number of rotatable bonds is 3. The molecule has 2 rings (SSSR count). The van der Waals surface area contributed by atoms with Gasteiger partial charge in [-0.2, -0.15) is 0 Å². The van der Waals surface area contributed by atoms with E-state index in [0.29, 0.717) is 12.6 Å². The van der Waals surface area contributed by atoms with Gasteiger partial charge in [-0.15, -0.1) is 0 Å². The number of benzene rings is 1. The number of carbonyl (C=O) groups is 1. The summed E-state index contributed by atoms with van der Waals surface area (Å²) in [5.41, 5.74) is 0.684. The lowest BCUT2D eigenvalue weighted by molar-refractivity contribution is 0.00988. The molecule has 0 saturated heterocycles. The second kappa shape index (κ2) is 7.49. The molecule has 1 fully saturated rings. The molecule has 0 heterocycles. The zero-order valence-corrected chi connectivity index (χ0v) is 15.4. The average Bonchev–Trinajstić information content (AvgIpc) is 2.45. The van der Waals surface area contributed by atoms with Gasteiger partial charge in [0.25, 0.3) is 0 Å². The predicted molar refractivity (Wildman–Crippen MR) is 92.8 cm³/mol. The molecule has 1 saturated carbocycles. The lowest BCUT2D eigenvalue weighted by atomic mass is 9.94. The molecule has 3 nitrogen and oxygen atoms in total. The van der Waals surface area contributed by atoms with Crippen molar-refractivity contribution in [3.8, 4) is 0 Å². The Morgan fingerprint density at radius 3 is 2.32 bits per heavy atom.